The van der Waals surface area contributed by atoms with Crippen LogP contribution in [0.5, 0.6) is 11.5 Å². The lowest BCUT2D eigenvalue weighted by molar-refractivity contribution is 0.394. The van der Waals surface area contributed by atoms with Crippen molar-refractivity contribution in [3.05, 3.63) is 53.3 Å². The number of methoxy groups -OCH3 is 2. The molecule has 1 heterocycles. The minimum absolute atomic E-state index is 0.774. The Morgan fingerprint density at radius 3 is 2.21 bits per heavy atom. The zero-order valence-electron chi connectivity index (χ0n) is 11.4. The smallest absolute Gasteiger partial charge is 0.123 e. The zero-order chi connectivity index (χ0) is 13.7. The van der Waals surface area contributed by atoms with E-state index in [1.807, 2.05) is 55.5 Å². The van der Waals surface area contributed by atoms with Crippen LogP contribution >= 0.6 is 0 Å². The van der Waals surface area contributed by atoms with Crippen molar-refractivity contribution in [3.8, 4) is 11.5 Å². The van der Waals surface area contributed by atoms with Gasteiger partial charge >= 0.3 is 0 Å². The summed E-state index contributed by atoms with van der Waals surface area (Å²) < 4.78 is 10.5. The average molecular weight is 255 g/mol. The summed E-state index contributed by atoms with van der Waals surface area (Å²) in [7, 11) is 3.29. The highest BCUT2D eigenvalue weighted by atomic mass is 16.5. The normalized spacial score (nSPS) is 10.7. The van der Waals surface area contributed by atoms with Crippen molar-refractivity contribution in [2.45, 2.75) is 6.92 Å². The lowest BCUT2D eigenvalue weighted by atomic mass is 10.1. The van der Waals surface area contributed by atoms with Crippen molar-refractivity contribution in [1.82, 2.24) is 4.98 Å². The van der Waals surface area contributed by atoms with Gasteiger partial charge in [0.15, 0.2) is 0 Å². The van der Waals surface area contributed by atoms with E-state index in [2.05, 4.69) is 4.98 Å². The number of hydrogen-bond donors (Lipinski definition) is 0. The molecule has 0 aliphatic rings. The summed E-state index contributed by atoms with van der Waals surface area (Å²) in [4.78, 5) is 4.42. The van der Waals surface area contributed by atoms with Gasteiger partial charge in [-0.15, -0.1) is 0 Å². The first kappa shape index (κ1) is 13.1. The summed E-state index contributed by atoms with van der Waals surface area (Å²) in [5.74, 6) is 1.55. The quantitative estimate of drug-likeness (QED) is 0.836. The van der Waals surface area contributed by atoms with Crippen LogP contribution in [0.1, 0.15) is 17.0 Å². The summed E-state index contributed by atoms with van der Waals surface area (Å²) in [5.41, 5.74) is 2.95. The van der Waals surface area contributed by atoms with Gasteiger partial charge in [-0.1, -0.05) is 12.1 Å². The highest BCUT2D eigenvalue weighted by molar-refractivity contribution is 5.69. The van der Waals surface area contributed by atoms with Crippen LogP contribution in [-0.2, 0) is 0 Å². The van der Waals surface area contributed by atoms with Gasteiger partial charge < -0.3 is 9.47 Å². The molecule has 0 N–H and O–H groups in total. The van der Waals surface area contributed by atoms with Crippen LogP contribution < -0.4 is 9.47 Å². The lowest BCUT2D eigenvalue weighted by Gasteiger charge is -2.05. The maximum absolute atomic E-state index is 5.24. The van der Waals surface area contributed by atoms with Gasteiger partial charge in [-0.3, -0.25) is 4.98 Å². The number of pyridine rings is 1. The fourth-order valence-electron chi connectivity index (χ4n) is 1.76. The van der Waals surface area contributed by atoms with Crippen LogP contribution in [0.2, 0.25) is 0 Å². The van der Waals surface area contributed by atoms with Gasteiger partial charge in [-0.05, 0) is 42.8 Å². The number of rotatable bonds is 4. The summed E-state index contributed by atoms with van der Waals surface area (Å²) >= 11 is 0. The Labute approximate surface area is 113 Å². The van der Waals surface area contributed by atoms with Crippen molar-refractivity contribution in [2.75, 3.05) is 14.2 Å². The summed E-state index contributed by atoms with van der Waals surface area (Å²) in [6.07, 6.45) is 3.97. The van der Waals surface area contributed by atoms with Crippen LogP contribution in [0, 0.1) is 6.92 Å². The topological polar surface area (TPSA) is 31.4 Å². The predicted octanol–water partition coefficient (Wildman–Crippen LogP) is 3.58. The summed E-state index contributed by atoms with van der Waals surface area (Å²) in [6, 6.07) is 11.7. The Bertz CT molecular complexity index is 569. The van der Waals surface area contributed by atoms with Gasteiger partial charge in [0.25, 0.3) is 0 Å². The van der Waals surface area contributed by atoms with Gasteiger partial charge in [0, 0.05) is 11.8 Å². The summed E-state index contributed by atoms with van der Waals surface area (Å²) in [6.45, 7) is 1.98. The van der Waals surface area contributed by atoms with E-state index in [4.69, 9.17) is 9.47 Å². The lowest BCUT2D eigenvalue weighted by Crippen LogP contribution is -1.88. The third-order valence-electron chi connectivity index (χ3n) is 2.73. The predicted molar refractivity (Wildman–Crippen MR) is 77.4 cm³/mol. The third kappa shape index (κ3) is 3.58. The van der Waals surface area contributed by atoms with Crippen LogP contribution in [0.15, 0.2) is 36.4 Å². The van der Waals surface area contributed by atoms with Gasteiger partial charge in [-0.25, -0.2) is 0 Å². The molecule has 98 valence electrons. The van der Waals surface area contributed by atoms with Crippen LogP contribution in [0.25, 0.3) is 12.2 Å². The van der Waals surface area contributed by atoms with Crippen molar-refractivity contribution in [2.24, 2.45) is 0 Å². The van der Waals surface area contributed by atoms with Crippen molar-refractivity contribution in [3.63, 3.8) is 0 Å². The number of nitrogens with zero attached hydrogens (tertiary/aromatic N) is 1. The fourth-order valence-corrected chi connectivity index (χ4v) is 1.76. The van der Waals surface area contributed by atoms with Crippen molar-refractivity contribution < 1.29 is 9.47 Å². The molecule has 19 heavy (non-hydrogen) atoms. The largest absolute Gasteiger partial charge is 0.497 e. The molecular formula is C16H17NO2. The molecule has 0 radical (unpaired) electrons. The maximum Gasteiger partial charge on any atom is 0.123 e. The van der Waals surface area contributed by atoms with E-state index < -0.39 is 0 Å². The number of aryl methyl sites for hydroxylation is 1. The highest BCUT2D eigenvalue weighted by Gasteiger charge is 1.99. The highest BCUT2D eigenvalue weighted by Crippen LogP contribution is 2.23. The molecular weight excluding hydrogens is 238 g/mol. The molecule has 2 rings (SSSR count). The molecule has 0 aliphatic carbocycles. The first-order valence-electron chi connectivity index (χ1n) is 6.06. The van der Waals surface area contributed by atoms with E-state index in [1.165, 1.54) is 0 Å². The SMILES string of the molecule is COc1cc(/C=C/c2cccc(C)n2)cc(OC)c1. The maximum atomic E-state index is 5.24. The molecule has 0 aliphatic heterocycles. The average Bonchev–Trinajstić information content (AvgIpc) is 2.44. The van der Waals surface area contributed by atoms with E-state index in [-0.39, 0.29) is 0 Å². The van der Waals surface area contributed by atoms with Crippen molar-refractivity contribution in [1.29, 1.82) is 0 Å². The molecule has 0 fully saturated rings. The molecule has 3 nitrogen and oxygen atoms in total. The number of hydrogen-bond acceptors (Lipinski definition) is 3. The Morgan fingerprint density at radius 1 is 0.947 bits per heavy atom. The van der Waals surface area contributed by atoms with Gasteiger partial charge in [-0.2, -0.15) is 0 Å². The molecule has 0 spiro atoms. The molecule has 0 saturated heterocycles. The molecule has 1 aromatic heterocycles. The molecule has 0 amide bonds. The Balaban J connectivity index is 2.27. The molecule has 3 heteroatoms. The minimum Gasteiger partial charge on any atom is -0.497 e. The third-order valence-corrected chi connectivity index (χ3v) is 2.73. The number of aromatic nitrogens is 1. The minimum atomic E-state index is 0.774. The second kappa shape index (κ2) is 6.05. The van der Waals surface area contributed by atoms with Crippen molar-refractivity contribution >= 4 is 12.2 Å². The second-order valence-corrected chi connectivity index (χ2v) is 4.18. The van der Waals surface area contributed by atoms with E-state index >= 15 is 0 Å². The first-order chi connectivity index (χ1) is 9.21. The molecule has 0 atom stereocenters. The monoisotopic (exact) mass is 255 g/mol. The first-order valence-corrected chi connectivity index (χ1v) is 6.06. The van der Waals surface area contributed by atoms with E-state index in [1.54, 1.807) is 14.2 Å². The molecule has 0 unspecified atom stereocenters. The van der Waals surface area contributed by atoms with Crippen LogP contribution in [-0.4, -0.2) is 19.2 Å². The second-order valence-electron chi connectivity index (χ2n) is 4.18. The number of ether oxygens (including phenoxy) is 2. The molecule has 0 bridgehead atoms. The van der Waals surface area contributed by atoms with Gasteiger partial charge in [0.05, 0.1) is 19.9 Å². The van der Waals surface area contributed by atoms with Gasteiger partial charge in [0.2, 0.25) is 0 Å². The number of benzene rings is 1. The van der Waals surface area contributed by atoms with Gasteiger partial charge in [0.1, 0.15) is 11.5 Å². The molecule has 1 aromatic carbocycles. The van der Waals surface area contributed by atoms with E-state index in [0.717, 1.165) is 28.5 Å². The molecule has 0 saturated carbocycles. The Hall–Kier alpha value is -2.29. The Morgan fingerprint density at radius 2 is 1.63 bits per heavy atom. The van der Waals surface area contributed by atoms with E-state index in [0.29, 0.717) is 0 Å². The molecule has 2 aromatic rings. The standard InChI is InChI=1S/C16H17NO2/c1-12-5-4-6-14(17-12)8-7-13-9-15(18-2)11-16(10-13)19-3/h4-11H,1-3H3/b8-7+. The Kier molecular flexibility index (Phi) is 4.18. The van der Waals surface area contributed by atoms with Crippen LogP contribution in [0.4, 0.5) is 0 Å². The fraction of sp³-hybridized carbons (Fsp3) is 0.188. The summed E-state index contributed by atoms with van der Waals surface area (Å²) in [5, 5.41) is 0. The van der Waals surface area contributed by atoms with E-state index in [9.17, 15) is 0 Å². The zero-order valence-corrected chi connectivity index (χ0v) is 11.4. The van der Waals surface area contributed by atoms with Crippen LogP contribution in [0.3, 0.4) is 0 Å².